The lowest BCUT2D eigenvalue weighted by molar-refractivity contribution is 0.0999. The highest BCUT2D eigenvalue weighted by molar-refractivity contribution is 7.89. The Hall–Kier alpha value is -1.44. The van der Waals surface area contributed by atoms with E-state index in [9.17, 15) is 13.2 Å². The van der Waals surface area contributed by atoms with E-state index >= 15 is 0 Å². The summed E-state index contributed by atoms with van der Waals surface area (Å²) in [7, 11) is -3.70. The molecule has 2 rings (SSSR count). The van der Waals surface area contributed by atoms with Crippen LogP contribution in [0.2, 0.25) is 0 Å². The molecular formula is C14H21N3O3S. The first-order valence-electron chi connectivity index (χ1n) is 6.99. The topological polar surface area (TPSA) is 115 Å². The minimum Gasteiger partial charge on any atom is -0.366 e. The van der Waals surface area contributed by atoms with Crippen molar-refractivity contribution in [2.24, 2.45) is 11.5 Å². The zero-order valence-corrected chi connectivity index (χ0v) is 12.8. The molecule has 0 heterocycles. The molecule has 6 nitrogen and oxygen atoms in total. The average Bonchev–Trinajstić information content (AvgIpc) is 2.41. The molecule has 5 N–H and O–H groups in total. The lowest BCUT2D eigenvalue weighted by Crippen LogP contribution is -2.49. The van der Waals surface area contributed by atoms with Crippen LogP contribution >= 0.6 is 0 Å². The van der Waals surface area contributed by atoms with E-state index in [1.165, 1.54) is 12.1 Å². The first kappa shape index (κ1) is 15.9. The van der Waals surface area contributed by atoms with E-state index in [1.807, 2.05) is 0 Å². The highest BCUT2D eigenvalue weighted by atomic mass is 32.2. The highest BCUT2D eigenvalue weighted by Gasteiger charge is 2.27. The SMILES string of the molecule is Cc1ccc(S(=O)(=O)NC2CCCCC2N)cc1C(N)=O. The lowest BCUT2D eigenvalue weighted by atomic mass is 9.92. The van der Waals surface area contributed by atoms with E-state index in [2.05, 4.69) is 4.72 Å². The van der Waals surface area contributed by atoms with Crippen LogP contribution < -0.4 is 16.2 Å². The van der Waals surface area contributed by atoms with Crippen molar-refractivity contribution in [2.45, 2.75) is 49.6 Å². The first-order valence-corrected chi connectivity index (χ1v) is 8.48. The van der Waals surface area contributed by atoms with Crippen LogP contribution in [0.15, 0.2) is 23.1 Å². The Morgan fingerprint density at radius 2 is 1.95 bits per heavy atom. The molecule has 7 heteroatoms. The van der Waals surface area contributed by atoms with E-state index in [-0.39, 0.29) is 22.5 Å². The molecule has 0 bridgehead atoms. The minimum atomic E-state index is -3.70. The molecule has 0 aliphatic heterocycles. The van der Waals surface area contributed by atoms with Crippen molar-refractivity contribution in [3.8, 4) is 0 Å². The smallest absolute Gasteiger partial charge is 0.249 e. The van der Waals surface area contributed by atoms with Crippen LogP contribution in [0.1, 0.15) is 41.6 Å². The monoisotopic (exact) mass is 311 g/mol. The third-order valence-corrected chi connectivity index (χ3v) is 5.40. The Morgan fingerprint density at radius 3 is 2.57 bits per heavy atom. The molecule has 0 spiro atoms. The summed E-state index contributed by atoms with van der Waals surface area (Å²) in [5.74, 6) is -0.640. The highest BCUT2D eigenvalue weighted by Crippen LogP contribution is 2.20. The molecule has 1 saturated carbocycles. The number of nitrogens with one attached hydrogen (secondary N) is 1. The van der Waals surface area contributed by atoms with Crippen molar-refractivity contribution in [1.82, 2.24) is 4.72 Å². The van der Waals surface area contributed by atoms with Crippen LogP contribution in [0.4, 0.5) is 0 Å². The van der Waals surface area contributed by atoms with Gasteiger partial charge in [0, 0.05) is 17.6 Å². The van der Waals surface area contributed by atoms with Crippen LogP contribution in [0, 0.1) is 6.92 Å². The molecule has 0 aromatic heterocycles. The van der Waals surface area contributed by atoms with Crippen molar-refractivity contribution >= 4 is 15.9 Å². The van der Waals surface area contributed by atoms with Gasteiger partial charge in [0.05, 0.1) is 4.90 Å². The Balaban J connectivity index is 2.27. The lowest BCUT2D eigenvalue weighted by Gasteiger charge is -2.29. The molecule has 2 atom stereocenters. The number of aryl methyl sites for hydroxylation is 1. The second-order valence-electron chi connectivity index (χ2n) is 5.52. The molecule has 116 valence electrons. The fourth-order valence-electron chi connectivity index (χ4n) is 2.61. The van der Waals surface area contributed by atoms with Crippen LogP contribution in [-0.2, 0) is 10.0 Å². The maximum Gasteiger partial charge on any atom is 0.249 e. The summed E-state index contributed by atoms with van der Waals surface area (Å²) in [6.45, 7) is 1.71. The van der Waals surface area contributed by atoms with Crippen LogP contribution in [0.3, 0.4) is 0 Å². The van der Waals surface area contributed by atoms with Gasteiger partial charge in [0.15, 0.2) is 0 Å². The number of hydrogen-bond donors (Lipinski definition) is 3. The van der Waals surface area contributed by atoms with Gasteiger partial charge in [0.2, 0.25) is 15.9 Å². The van der Waals surface area contributed by atoms with E-state index in [0.29, 0.717) is 5.56 Å². The van der Waals surface area contributed by atoms with Crippen molar-refractivity contribution in [2.75, 3.05) is 0 Å². The number of hydrogen-bond acceptors (Lipinski definition) is 4. The summed E-state index contributed by atoms with van der Waals surface area (Å²) in [6.07, 6.45) is 3.53. The fourth-order valence-corrected chi connectivity index (χ4v) is 3.95. The number of benzene rings is 1. The predicted molar refractivity (Wildman–Crippen MR) is 80.2 cm³/mol. The first-order chi connectivity index (χ1) is 9.81. The number of primary amides is 1. The van der Waals surface area contributed by atoms with Crippen LogP contribution in [0.5, 0.6) is 0 Å². The molecule has 0 radical (unpaired) electrons. The molecule has 0 saturated heterocycles. The predicted octanol–water partition coefficient (Wildman–Crippen LogP) is 0.642. The molecule has 1 aliphatic carbocycles. The summed E-state index contributed by atoms with van der Waals surface area (Å²) in [4.78, 5) is 11.4. The Morgan fingerprint density at radius 1 is 1.29 bits per heavy atom. The Bertz CT molecular complexity index is 643. The molecule has 2 unspecified atom stereocenters. The fraction of sp³-hybridized carbons (Fsp3) is 0.500. The van der Waals surface area contributed by atoms with Gasteiger partial charge in [0.25, 0.3) is 0 Å². The maximum atomic E-state index is 12.4. The van der Waals surface area contributed by atoms with Crippen molar-refractivity contribution in [3.05, 3.63) is 29.3 Å². The van der Waals surface area contributed by atoms with E-state index in [4.69, 9.17) is 11.5 Å². The number of sulfonamides is 1. The van der Waals surface area contributed by atoms with Gasteiger partial charge in [-0.2, -0.15) is 0 Å². The average molecular weight is 311 g/mol. The molecule has 21 heavy (non-hydrogen) atoms. The maximum absolute atomic E-state index is 12.4. The van der Waals surface area contributed by atoms with E-state index < -0.39 is 15.9 Å². The zero-order valence-electron chi connectivity index (χ0n) is 12.0. The van der Waals surface area contributed by atoms with Gasteiger partial charge in [-0.25, -0.2) is 13.1 Å². The van der Waals surface area contributed by atoms with Crippen LogP contribution in [0.25, 0.3) is 0 Å². The van der Waals surface area contributed by atoms with Crippen molar-refractivity contribution < 1.29 is 13.2 Å². The van der Waals surface area contributed by atoms with Gasteiger partial charge in [-0.3, -0.25) is 4.79 Å². The molecule has 1 aromatic carbocycles. The summed E-state index contributed by atoms with van der Waals surface area (Å²) >= 11 is 0. The number of nitrogens with two attached hydrogens (primary N) is 2. The molecule has 1 aliphatic rings. The second kappa shape index (κ2) is 6.13. The third-order valence-electron chi connectivity index (χ3n) is 3.91. The van der Waals surface area contributed by atoms with Crippen molar-refractivity contribution in [1.29, 1.82) is 0 Å². The summed E-state index contributed by atoms with van der Waals surface area (Å²) in [5.41, 5.74) is 12.1. The largest absolute Gasteiger partial charge is 0.366 e. The molecular weight excluding hydrogens is 290 g/mol. The van der Waals surface area contributed by atoms with Gasteiger partial charge < -0.3 is 11.5 Å². The van der Waals surface area contributed by atoms with Gasteiger partial charge in [-0.15, -0.1) is 0 Å². The second-order valence-corrected chi connectivity index (χ2v) is 7.23. The van der Waals surface area contributed by atoms with Crippen molar-refractivity contribution in [3.63, 3.8) is 0 Å². The Labute approximate surface area is 124 Å². The van der Waals surface area contributed by atoms with Gasteiger partial charge in [-0.1, -0.05) is 18.9 Å². The third kappa shape index (κ3) is 3.61. The standard InChI is InChI=1S/C14H21N3O3S/c1-9-6-7-10(8-11(9)14(16)18)21(19,20)17-13-5-3-2-4-12(13)15/h6-8,12-13,17H,2-5,15H2,1H3,(H2,16,18). The summed E-state index contributed by atoms with van der Waals surface area (Å²) in [5, 5.41) is 0. The summed E-state index contributed by atoms with van der Waals surface area (Å²) < 4.78 is 27.5. The van der Waals surface area contributed by atoms with Gasteiger partial charge >= 0.3 is 0 Å². The molecule has 1 amide bonds. The zero-order chi connectivity index (χ0) is 15.6. The van der Waals surface area contributed by atoms with Gasteiger partial charge in [-0.05, 0) is 37.5 Å². The normalized spacial score (nSPS) is 23.0. The minimum absolute atomic E-state index is 0.0414. The number of rotatable bonds is 4. The molecule has 1 fully saturated rings. The Kier molecular flexibility index (Phi) is 4.65. The number of carbonyl (C=O) groups excluding carboxylic acids is 1. The summed E-state index contributed by atoms with van der Waals surface area (Å²) in [6, 6.07) is 3.93. The number of amides is 1. The van der Waals surface area contributed by atoms with Gasteiger partial charge in [0.1, 0.15) is 0 Å². The van der Waals surface area contributed by atoms with Crippen LogP contribution in [-0.4, -0.2) is 26.4 Å². The van der Waals surface area contributed by atoms with E-state index in [1.54, 1.807) is 13.0 Å². The van der Waals surface area contributed by atoms with E-state index in [0.717, 1.165) is 25.7 Å². The quantitative estimate of drug-likeness (QED) is 0.756. The number of carbonyl (C=O) groups is 1. The molecule has 1 aromatic rings.